The highest BCUT2D eigenvalue weighted by molar-refractivity contribution is 9.10. The Morgan fingerprint density at radius 3 is 2.62 bits per heavy atom. The number of benzene rings is 1. The van der Waals surface area contributed by atoms with Gasteiger partial charge in [0.25, 0.3) is 0 Å². The third-order valence-corrected chi connectivity index (χ3v) is 1.94. The average Bonchev–Trinajstić information content (AvgIpc) is 2.13. The first-order valence-electron chi connectivity index (χ1n) is 3.58. The average molecular weight is 249 g/mol. The van der Waals surface area contributed by atoms with Crippen LogP contribution in [0.25, 0.3) is 0 Å². The first-order valence-corrected chi connectivity index (χ1v) is 4.37. The van der Waals surface area contributed by atoms with Crippen LogP contribution in [0.15, 0.2) is 28.9 Å². The van der Waals surface area contributed by atoms with Gasteiger partial charge in [-0.15, -0.1) is 0 Å². The lowest BCUT2D eigenvalue weighted by Crippen LogP contribution is -1.91. The number of rotatable bonds is 2. The minimum absolute atomic E-state index is 0.0813. The van der Waals surface area contributed by atoms with Gasteiger partial charge in [-0.25, -0.2) is 4.39 Å². The second-order valence-corrected chi connectivity index (χ2v) is 3.12. The summed E-state index contributed by atoms with van der Waals surface area (Å²) in [6, 6.07) is 2.74. The Kier molecular flexibility index (Phi) is 3.42. The van der Waals surface area contributed by atoms with Crippen molar-refractivity contribution >= 4 is 15.9 Å². The van der Waals surface area contributed by atoms with E-state index in [0.29, 0.717) is 0 Å². The Morgan fingerprint density at radius 2 is 2.00 bits per heavy atom. The summed E-state index contributed by atoms with van der Waals surface area (Å²) in [6.07, 6.45) is 2.87. The van der Waals surface area contributed by atoms with Crippen molar-refractivity contribution in [1.82, 2.24) is 0 Å². The third-order valence-electron chi connectivity index (χ3n) is 1.33. The van der Waals surface area contributed by atoms with Gasteiger partial charge >= 0.3 is 0 Å². The molecule has 0 aliphatic carbocycles. The molecule has 1 nitrogen and oxygen atoms in total. The molecule has 0 amide bonds. The van der Waals surface area contributed by atoms with Gasteiger partial charge in [-0.05, 0) is 35.0 Å². The lowest BCUT2D eigenvalue weighted by molar-refractivity contribution is 0.413. The summed E-state index contributed by atoms with van der Waals surface area (Å²) in [4.78, 5) is 0. The molecule has 0 aliphatic rings. The van der Waals surface area contributed by atoms with E-state index in [1.165, 1.54) is 18.4 Å². The molecule has 0 saturated carbocycles. The van der Waals surface area contributed by atoms with Crippen molar-refractivity contribution in [2.75, 3.05) is 0 Å². The Morgan fingerprint density at radius 1 is 1.31 bits per heavy atom. The molecule has 0 heterocycles. The predicted octanol–water partition coefficient (Wildman–Crippen LogP) is 3.64. The van der Waals surface area contributed by atoms with Crippen LogP contribution in [0, 0.1) is 11.6 Å². The van der Waals surface area contributed by atoms with Crippen molar-refractivity contribution in [1.29, 1.82) is 0 Å². The number of hydrogen-bond donors (Lipinski definition) is 0. The lowest BCUT2D eigenvalue weighted by Gasteiger charge is -2.03. The van der Waals surface area contributed by atoms with Crippen molar-refractivity contribution < 1.29 is 13.5 Å². The van der Waals surface area contributed by atoms with Gasteiger partial charge in [0, 0.05) is 0 Å². The fourth-order valence-corrected chi connectivity index (χ4v) is 1.05. The van der Waals surface area contributed by atoms with Gasteiger partial charge in [-0.3, -0.25) is 0 Å². The van der Waals surface area contributed by atoms with E-state index in [1.54, 1.807) is 13.0 Å². The van der Waals surface area contributed by atoms with E-state index in [4.69, 9.17) is 4.74 Å². The maximum atomic E-state index is 13.0. The van der Waals surface area contributed by atoms with Crippen LogP contribution < -0.4 is 4.74 Å². The molecule has 1 rings (SSSR count). The van der Waals surface area contributed by atoms with Gasteiger partial charge in [0.1, 0.15) is 0 Å². The molecule has 0 spiro atoms. The first kappa shape index (κ1) is 10.2. The van der Waals surface area contributed by atoms with E-state index in [-0.39, 0.29) is 10.2 Å². The molecule has 0 unspecified atom stereocenters. The quantitative estimate of drug-likeness (QED) is 0.574. The minimum Gasteiger partial charge on any atom is -0.462 e. The number of allylic oxidation sites excluding steroid dienone is 1. The molecule has 0 bridgehead atoms. The summed E-state index contributed by atoms with van der Waals surface area (Å²) in [5, 5.41) is 0. The Balaban J connectivity index is 3.03. The van der Waals surface area contributed by atoms with Gasteiger partial charge in [0.05, 0.1) is 10.7 Å². The summed E-state index contributed by atoms with van der Waals surface area (Å²) >= 11 is 2.86. The molecule has 1 aromatic carbocycles. The SMILES string of the molecule is CC=COc1ccc(Br)c(F)c1F. The molecule has 0 atom stereocenters. The third kappa shape index (κ3) is 2.28. The fourth-order valence-electron chi connectivity index (χ4n) is 0.741. The monoisotopic (exact) mass is 248 g/mol. The maximum Gasteiger partial charge on any atom is 0.202 e. The minimum atomic E-state index is -0.993. The van der Waals surface area contributed by atoms with E-state index >= 15 is 0 Å². The molecule has 0 N–H and O–H groups in total. The molecule has 0 aromatic heterocycles. The van der Waals surface area contributed by atoms with Gasteiger partial charge in [-0.1, -0.05) is 6.08 Å². The normalized spacial score (nSPS) is 10.8. The van der Waals surface area contributed by atoms with Crippen LogP contribution in [0.3, 0.4) is 0 Å². The highest BCUT2D eigenvalue weighted by atomic mass is 79.9. The number of hydrogen-bond acceptors (Lipinski definition) is 1. The predicted molar refractivity (Wildman–Crippen MR) is 49.5 cm³/mol. The molecule has 0 aliphatic heterocycles. The van der Waals surface area contributed by atoms with Crippen molar-refractivity contribution in [2.24, 2.45) is 0 Å². The van der Waals surface area contributed by atoms with Gasteiger partial charge < -0.3 is 4.74 Å². The van der Waals surface area contributed by atoms with Crippen LogP contribution in [-0.2, 0) is 0 Å². The maximum absolute atomic E-state index is 13.0. The Bertz CT molecular complexity index is 337. The van der Waals surface area contributed by atoms with Crippen molar-refractivity contribution in [3.8, 4) is 5.75 Å². The summed E-state index contributed by atoms with van der Waals surface area (Å²) < 4.78 is 30.8. The van der Waals surface area contributed by atoms with Crippen LogP contribution in [0.4, 0.5) is 8.78 Å². The molecule has 1 aromatic rings. The first-order chi connectivity index (χ1) is 6.16. The summed E-state index contributed by atoms with van der Waals surface area (Å²) in [5.74, 6) is -2.06. The number of halogens is 3. The molecule has 0 fully saturated rings. The van der Waals surface area contributed by atoms with Gasteiger partial charge in [-0.2, -0.15) is 4.39 Å². The molecule has 0 radical (unpaired) electrons. The van der Waals surface area contributed by atoms with Gasteiger partial charge in [0.2, 0.25) is 5.82 Å². The second kappa shape index (κ2) is 4.37. The van der Waals surface area contributed by atoms with Crippen molar-refractivity contribution in [2.45, 2.75) is 6.92 Å². The zero-order valence-corrected chi connectivity index (χ0v) is 8.44. The van der Waals surface area contributed by atoms with E-state index in [0.717, 1.165) is 0 Å². The Hall–Kier alpha value is -0.900. The van der Waals surface area contributed by atoms with Crippen molar-refractivity contribution in [3.05, 3.63) is 40.6 Å². The molecule has 0 saturated heterocycles. The summed E-state index contributed by atoms with van der Waals surface area (Å²) in [7, 11) is 0. The van der Waals surface area contributed by atoms with Crippen LogP contribution in [-0.4, -0.2) is 0 Å². The van der Waals surface area contributed by atoms with Crippen LogP contribution in [0.1, 0.15) is 6.92 Å². The molecule has 4 heteroatoms. The van der Waals surface area contributed by atoms with E-state index in [1.807, 2.05) is 0 Å². The van der Waals surface area contributed by atoms with Crippen LogP contribution in [0.5, 0.6) is 5.75 Å². The van der Waals surface area contributed by atoms with E-state index in [9.17, 15) is 8.78 Å². The van der Waals surface area contributed by atoms with E-state index < -0.39 is 11.6 Å². The zero-order chi connectivity index (χ0) is 9.84. The standard InChI is InChI=1S/C9H7BrF2O/c1-2-5-13-7-4-3-6(10)8(11)9(7)12/h2-5H,1H3. The van der Waals surface area contributed by atoms with Crippen LogP contribution >= 0.6 is 15.9 Å². The Labute approximate surface area is 83.1 Å². The molecular weight excluding hydrogens is 242 g/mol. The second-order valence-electron chi connectivity index (χ2n) is 2.26. The largest absolute Gasteiger partial charge is 0.462 e. The summed E-state index contributed by atoms with van der Waals surface area (Å²) in [6.45, 7) is 1.72. The highest BCUT2D eigenvalue weighted by Crippen LogP contribution is 2.25. The summed E-state index contributed by atoms with van der Waals surface area (Å²) in [5.41, 5.74) is 0. The topological polar surface area (TPSA) is 9.23 Å². The fraction of sp³-hybridized carbons (Fsp3) is 0.111. The number of ether oxygens (including phenoxy) is 1. The molecule has 13 heavy (non-hydrogen) atoms. The molecular formula is C9H7BrF2O. The highest BCUT2D eigenvalue weighted by Gasteiger charge is 2.11. The lowest BCUT2D eigenvalue weighted by atomic mass is 10.3. The zero-order valence-electron chi connectivity index (χ0n) is 6.85. The smallest absolute Gasteiger partial charge is 0.202 e. The molecule has 70 valence electrons. The van der Waals surface area contributed by atoms with Gasteiger partial charge in [0.15, 0.2) is 11.6 Å². The van der Waals surface area contributed by atoms with Crippen LogP contribution in [0.2, 0.25) is 0 Å². The van der Waals surface area contributed by atoms with E-state index in [2.05, 4.69) is 15.9 Å². The van der Waals surface area contributed by atoms with Crippen molar-refractivity contribution in [3.63, 3.8) is 0 Å².